The Morgan fingerprint density at radius 1 is 1.19 bits per heavy atom. The number of carboxylic acid groups (broad SMARTS) is 1. The number of carbonyl (C=O) groups is 2. The van der Waals surface area contributed by atoms with E-state index in [1.165, 1.54) is 16.8 Å². The van der Waals surface area contributed by atoms with E-state index < -0.39 is 12.1 Å². The van der Waals surface area contributed by atoms with Gasteiger partial charge in [-0.2, -0.15) is 0 Å². The van der Waals surface area contributed by atoms with Gasteiger partial charge >= 0.3 is 5.97 Å². The maximum absolute atomic E-state index is 13.0. The minimum absolute atomic E-state index is 0.0804. The second-order valence-corrected chi connectivity index (χ2v) is 7.87. The number of carbonyl (C=O) groups excluding carboxylic acids is 1. The molecule has 1 unspecified atom stereocenters. The quantitative estimate of drug-likeness (QED) is 0.585. The molecule has 0 radical (unpaired) electrons. The van der Waals surface area contributed by atoms with Crippen LogP contribution < -0.4 is 5.32 Å². The number of nitrogens with one attached hydrogen (secondary N) is 1. The molecule has 1 amide bonds. The first-order valence-electron chi connectivity index (χ1n) is 10.8. The number of aromatic carboxylic acids is 1. The van der Waals surface area contributed by atoms with Gasteiger partial charge in [0.2, 0.25) is 5.91 Å². The Bertz CT molecular complexity index is 1080. The molecule has 0 saturated carbocycles. The molecule has 2 N–H and O–H groups in total. The van der Waals surface area contributed by atoms with E-state index >= 15 is 0 Å². The zero-order valence-electron chi connectivity index (χ0n) is 17.8. The van der Waals surface area contributed by atoms with Crippen molar-refractivity contribution >= 4 is 11.9 Å². The normalized spacial score (nSPS) is 19.3. The number of amides is 1. The number of aromatic nitrogens is 3. The van der Waals surface area contributed by atoms with Gasteiger partial charge in [0.25, 0.3) is 0 Å². The summed E-state index contributed by atoms with van der Waals surface area (Å²) in [7, 11) is 0. The Labute approximate surface area is 186 Å². The van der Waals surface area contributed by atoms with Gasteiger partial charge in [-0.15, -0.1) is 5.10 Å². The molecule has 1 aliphatic rings. The molecule has 8 heteroatoms. The number of ether oxygens (including phenoxy) is 1. The molecule has 4 rings (SSSR count). The average Bonchev–Trinajstić information content (AvgIpc) is 3.33. The minimum Gasteiger partial charge on any atom is -0.478 e. The van der Waals surface area contributed by atoms with Crippen molar-refractivity contribution in [1.29, 1.82) is 0 Å². The molecule has 3 atom stereocenters. The standard InChI is InChI=1S/C24H26N4O4/c1-2-19(20-15-28(27-26-20)18-11-6-10-17(14-18)24(30)31)25-23(29)22-13-7-12-21(32-22)16-8-4-3-5-9-16/h3-6,8-11,14-15,19,21-22H,2,7,12-13H2,1H3,(H,25,29)(H,30,31)/t19?,21-,22+/m1/s1. The van der Waals surface area contributed by atoms with Gasteiger partial charge in [0.1, 0.15) is 11.8 Å². The molecule has 2 heterocycles. The van der Waals surface area contributed by atoms with Crippen LogP contribution in [0.3, 0.4) is 0 Å². The largest absolute Gasteiger partial charge is 0.478 e. The summed E-state index contributed by atoms with van der Waals surface area (Å²) in [5.41, 5.74) is 2.45. The van der Waals surface area contributed by atoms with E-state index in [1.54, 1.807) is 18.3 Å². The highest BCUT2D eigenvalue weighted by Crippen LogP contribution is 2.31. The number of nitrogens with zero attached hydrogens (tertiary/aromatic N) is 3. The Morgan fingerprint density at radius 3 is 2.75 bits per heavy atom. The van der Waals surface area contributed by atoms with Gasteiger partial charge < -0.3 is 15.2 Å². The minimum atomic E-state index is -1.01. The van der Waals surface area contributed by atoms with Crippen molar-refractivity contribution in [2.75, 3.05) is 0 Å². The van der Waals surface area contributed by atoms with Crippen LogP contribution >= 0.6 is 0 Å². The Kier molecular flexibility index (Phi) is 6.61. The lowest BCUT2D eigenvalue weighted by molar-refractivity contribution is -0.142. The van der Waals surface area contributed by atoms with Crippen LogP contribution in [0.1, 0.15) is 66.4 Å². The van der Waals surface area contributed by atoms with E-state index in [1.807, 2.05) is 37.3 Å². The van der Waals surface area contributed by atoms with Gasteiger partial charge in [-0.3, -0.25) is 4.79 Å². The zero-order valence-corrected chi connectivity index (χ0v) is 17.8. The summed E-state index contributed by atoms with van der Waals surface area (Å²) < 4.78 is 7.63. The van der Waals surface area contributed by atoms with Crippen molar-refractivity contribution in [3.8, 4) is 5.69 Å². The number of hydrogen-bond acceptors (Lipinski definition) is 5. The monoisotopic (exact) mass is 434 g/mol. The molecular formula is C24H26N4O4. The highest BCUT2D eigenvalue weighted by molar-refractivity contribution is 5.88. The van der Waals surface area contributed by atoms with Gasteiger partial charge in [0, 0.05) is 0 Å². The lowest BCUT2D eigenvalue weighted by Gasteiger charge is -2.30. The second-order valence-electron chi connectivity index (χ2n) is 7.87. The summed E-state index contributed by atoms with van der Waals surface area (Å²) in [6, 6.07) is 16.1. The van der Waals surface area contributed by atoms with Crippen molar-refractivity contribution in [3.63, 3.8) is 0 Å². The molecule has 1 aliphatic heterocycles. The molecule has 3 aromatic rings. The molecule has 1 saturated heterocycles. The topological polar surface area (TPSA) is 106 Å². The van der Waals surface area contributed by atoms with Gasteiger partial charge in [0.05, 0.1) is 29.6 Å². The van der Waals surface area contributed by atoms with Crippen molar-refractivity contribution in [2.24, 2.45) is 0 Å². The molecule has 0 spiro atoms. The number of carboxylic acids is 1. The van der Waals surface area contributed by atoms with Crippen molar-refractivity contribution in [3.05, 3.63) is 77.6 Å². The summed E-state index contributed by atoms with van der Waals surface area (Å²) in [6.07, 6.45) is 4.26. The van der Waals surface area contributed by atoms with E-state index in [4.69, 9.17) is 4.74 Å². The highest BCUT2D eigenvalue weighted by atomic mass is 16.5. The number of benzene rings is 2. The Balaban J connectivity index is 1.44. The zero-order chi connectivity index (χ0) is 22.5. The van der Waals surface area contributed by atoms with Crippen molar-refractivity contribution in [2.45, 2.75) is 50.9 Å². The van der Waals surface area contributed by atoms with Crippen LogP contribution in [-0.2, 0) is 9.53 Å². The van der Waals surface area contributed by atoms with Crippen LogP contribution in [0.2, 0.25) is 0 Å². The molecule has 1 fully saturated rings. The Hall–Kier alpha value is -3.52. The fourth-order valence-corrected chi connectivity index (χ4v) is 3.92. The lowest BCUT2D eigenvalue weighted by Crippen LogP contribution is -2.40. The van der Waals surface area contributed by atoms with Gasteiger partial charge in [-0.1, -0.05) is 48.5 Å². The molecular weight excluding hydrogens is 408 g/mol. The van der Waals surface area contributed by atoms with Gasteiger partial charge in [0.15, 0.2) is 0 Å². The third-order valence-electron chi connectivity index (χ3n) is 5.68. The predicted octanol–water partition coefficient (Wildman–Crippen LogP) is 3.84. The lowest BCUT2D eigenvalue weighted by atomic mass is 9.98. The molecule has 2 aromatic carbocycles. The first-order valence-corrected chi connectivity index (χ1v) is 10.8. The van der Waals surface area contributed by atoms with Crippen LogP contribution in [0, 0.1) is 0 Å². The van der Waals surface area contributed by atoms with E-state index in [0.717, 1.165) is 18.4 Å². The fraction of sp³-hybridized carbons (Fsp3) is 0.333. The smallest absolute Gasteiger partial charge is 0.335 e. The van der Waals surface area contributed by atoms with Crippen LogP contribution in [0.15, 0.2) is 60.8 Å². The van der Waals surface area contributed by atoms with E-state index in [0.29, 0.717) is 24.2 Å². The van der Waals surface area contributed by atoms with Crippen LogP contribution in [0.25, 0.3) is 5.69 Å². The van der Waals surface area contributed by atoms with Gasteiger partial charge in [-0.05, 0) is 49.4 Å². The molecule has 0 aliphatic carbocycles. The number of rotatable bonds is 7. The third-order valence-corrected chi connectivity index (χ3v) is 5.68. The predicted molar refractivity (Wildman–Crippen MR) is 117 cm³/mol. The van der Waals surface area contributed by atoms with E-state index in [-0.39, 0.29) is 23.6 Å². The molecule has 1 aromatic heterocycles. The molecule has 32 heavy (non-hydrogen) atoms. The molecule has 8 nitrogen and oxygen atoms in total. The summed E-state index contributed by atoms with van der Waals surface area (Å²) in [5.74, 6) is -1.16. The molecule has 0 bridgehead atoms. The SMILES string of the molecule is CCC(NC(=O)[C@@H]1CCC[C@H](c2ccccc2)O1)c1cn(-c2cccc(C(=O)O)c2)nn1. The molecule has 166 valence electrons. The van der Waals surface area contributed by atoms with Crippen LogP contribution in [0.4, 0.5) is 0 Å². The maximum Gasteiger partial charge on any atom is 0.335 e. The Morgan fingerprint density at radius 2 is 2.00 bits per heavy atom. The first kappa shape index (κ1) is 21.7. The van der Waals surface area contributed by atoms with Crippen LogP contribution in [0.5, 0.6) is 0 Å². The average molecular weight is 434 g/mol. The maximum atomic E-state index is 13.0. The third kappa shape index (κ3) is 4.86. The summed E-state index contributed by atoms with van der Waals surface area (Å²) in [6.45, 7) is 1.96. The summed E-state index contributed by atoms with van der Waals surface area (Å²) in [4.78, 5) is 24.2. The number of hydrogen-bond donors (Lipinski definition) is 2. The second kappa shape index (κ2) is 9.74. The van der Waals surface area contributed by atoms with E-state index in [2.05, 4.69) is 15.6 Å². The van der Waals surface area contributed by atoms with Crippen LogP contribution in [-0.4, -0.2) is 38.1 Å². The van der Waals surface area contributed by atoms with Gasteiger partial charge in [-0.25, -0.2) is 9.48 Å². The fourth-order valence-electron chi connectivity index (χ4n) is 3.92. The summed E-state index contributed by atoms with van der Waals surface area (Å²) >= 11 is 0. The highest BCUT2D eigenvalue weighted by Gasteiger charge is 2.30. The van der Waals surface area contributed by atoms with Crippen molar-refractivity contribution in [1.82, 2.24) is 20.3 Å². The van der Waals surface area contributed by atoms with Crippen molar-refractivity contribution < 1.29 is 19.4 Å². The van der Waals surface area contributed by atoms with E-state index in [9.17, 15) is 14.7 Å². The summed E-state index contributed by atoms with van der Waals surface area (Å²) in [5, 5.41) is 20.6. The first-order chi connectivity index (χ1) is 15.5.